The van der Waals surface area contributed by atoms with Crippen LogP contribution < -0.4 is 21.5 Å². The zero-order valence-corrected chi connectivity index (χ0v) is 11.6. The van der Waals surface area contributed by atoms with Gasteiger partial charge in [-0.1, -0.05) is 0 Å². The second-order valence-corrected chi connectivity index (χ2v) is 4.76. The lowest BCUT2D eigenvalue weighted by molar-refractivity contribution is 1.13. The van der Waals surface area contributed by atoms with Crippen molar-refractivity contribution in [1.29, 1.82) is 0 Å². The molecule has 0 saturated heterocycles. The molecule has 0 bridgehead atoms. The zero-order valence-electron chi connectivity index (χ0n) is 11.6. The van der Waals surface area contributed by atoms with Crippen LogP contribution in [0.4, 0.5) is 22.7 Å². The van der Waals surface area contributed by atoms with Crippen LogP contribution in [0.3, 0.4) is 0 Å². The van der Waals surface area contributed by atoms with Gasteiger partial charge in [-0.3, -0.25) is 0 Å². The average Bonchev–Trinajstić information content (AvgIpc) is 2.40. The summed E-state index contributed by atoms with van der Waals surface area (Å²) in [4.78, 5) is 2.07. The molecule has 0 spiro atoms. The van der Waals surface area contributed by atoms with E-state index in [1.165, 1.54) is 5.69 Å². The van der Waals surface area contributed by atoms with E-state index in [4.69, 9.17) is 5.73 Å². The Morgan fingerprint density at radius 3 is 2.05 bits per heavy atom. The molecule has 0 unspecified atom stereocenters. The van der Waals surface area contributed by atoms with Crippen molar-refractivity contribution in [2.45, 2.75) is 6.92 Å². The Morgan fingerprint density at radius 2 is 1.47 bits per heavy atom. The van der Waals surface area contributed by atoms with E-state index in [1.54, 1.807) is 0 Å². The van der Waals surface area contributed by atoms with Gasteiger partial charge in [-0.05, 0) is 55.0 Å². The van der Waals surface area contributed by atoms with Crippen LogP contribution in [0.5, 0.6) is 0 Å². The number of hydrogen-bond acceptors (Lipinski definition) is 4. The predicted molar refractivity (Wildman–Crippen MR) is 83.6 cm³/mol. The first-order valence-corrected chi connectivity index (χ1v) is 6.22. The van der Waals surface area contributed by atoms with Crippen molar-refractivity contribution in [2.75, 3.05) is 35.6 Å². The van der Waals surface area contributed by atoms with Gasteiger partial charge >= 0.3 is 0 Å². The van der Waals surface area contributed by atoms with Gasteiger partial charge in [-0.25, -0.2) is 0 Å². The number of nitrogens with one attached hydrogen (secondary N) is 2. The molecule has 2 aromatic carbocycles. The molecule has 4 N–H and O–H groups in total. The highest BCUT2D eigenvalue weighted by Gasteiger charge is 1.98. The molecular formula is C15H20N4. The molecule has 0 aliphatic rings. The number of nitrogens with zero attached hydrogens (tertiary/aromatic N) is 1. The third-order valence-corrected chi connectivity index (χ3v) is 3.00. The van der Waals surface area contributed by atoms with Gasteiger partial charge in [0.15, 0.2) is 0 Å². The average molecular weight is 256 g/mol. The third-order valence-electron chi connectivity index (χ3n) is 3.00. The third kappa shape index (κ3) is 3.31. The first-order valence-electron chi connectivity index (χ1n) is 6.22. The molecule has 2 aromatic rings. The van der Waals surface area contributed by atoms with E-state index in [1.807, 2.05) is 51.4 Å². The van der Waals surface area contributed by atoms with E-state index in [2.05, 4.69) is 27.9 Å². The number of hydrazine groups is 1. The highest BCUT2D eigenvalue weighted by Crippen LogP contribution is 2.18. The second-order valence-electron chi connectivity index (χ2n) is 4.76. The van der Waals surface area contributed by atoms with Crippen LogP contribution in [0.15, 0.2) is 42.5 Å². The van der Waals surface area contributed by atoms with Crippen LogP contribution in [0, 0.1) is 6.92 Å². The molecule has 0 atom stereocenters. The molecule has 100 valence electrons. The fourth-order valence-electron chi connectivity index (χ4n) is 1.74. The summed E-state index contributed by atoms with van der Waals surface area (Å²) >= 11 is 0. The minimum Gasteiger partial charge on any atom is -0.399 e. The molecular weight excluding hydrogens is 236 g/mol. The van der Waals surface area contributed by atoms with E-state index < -0.39 is 0 Å². The number of nitrogens with two attached hydrogens (primary N) is 1. The summed E-state index contributed by atoms with van der Waals surface area (Å²) in [5, 5.41) is 0. The molecule has 2 rings (SSSR count). The zero-order chi connectivity index (χ0) is 13.8. The first-order chi connectivity index (χ1) is 9.06. The second kappa shape index (κ2) is 5.52. The van der Waals surface area contributed by atoms with Crippen LogP contribution in [0.25, 0.3) is 0 Å². The van der Waals surface area contributed by atoms with Gasteiger partial charge in [0, 0.05) is 25.5 Å². The molecule has 0 saturated carbocycles. The molecule has 0 aromatic heterocycles. The minimum absolute atomic E-state index is 0.806. The number of benzene rings is 2. The maximum Gasteiger partial charge on any atom is 0.0544 e. The highest BCUT2D eigenvalue weighted by molar-refractivity contribution is 5.61. The van der Waals surface area contributed by atoms with Gasteiger partial charge in [0.05, 0.1) is 11.4 Å². The topological polar surface area (TPSA) is 53.3 Å². The summed E-state index contributed by atoms with van der Waals surface area (Å²) in [5.41, 5.74) is 17.2. The van der Waals surface area contributed by atoms with Crippen molar-refractivity contribution in [3.05, 3.63) is 48.0 Å². The Bertz CT molecular complexity index is 547. The van der Waals surface area contributed by atoms with Crippen molar-refractivity contribution in [3.63, 3.8) is 0 Å². The van der Waals surface area contributed by atoms with Crippen LogP contribution in [0.1, 0.15) is 5.56 Å². The van der Waals surface area contributed by atoms with Crippen LogP contribution >= 0.6 is 0 Å². The van der Waals surface area contributed by atoms with Crippen molar-refractivity contribution in [3.8, 4) is 0 Å². The Morgan fingerprint density at radius 1 is 0.895 bits per heavy atom. The lowest BCUT2D eigenvalue weighted by Gasteiger charge is -2.14. The van der Waals surface area contributed by atoms with Gasteiger partial charge in [0.2, 0.25) is 0 Å². The van der Waals surface area contributed by atoms with Gasteiger partial charge < -0.3 is 21.5 Å². The standard InChI is InChI=1S/C15H20N4/c1-11-10-13(6-9-15(11)16)18-17-12-4-7-14(8-5-12)19(2)3/h4-10,17-18H,16H2,1-3H3. The van der Waals surface area contributed by atoms with Crippen molar-refractivity contribution < 1.29 is 0 Å². The summed E-state index contributed by atoms with van der Waals surface area (Å²) in [6.07, 6.45) is 0. The molecule has 19 heavy (non-hydrogen) atoms. The van der Waals surface area contributed by atoms with Gasteiger partial charge in [0.25, 0.3) is 0 Å². The number of nitrogen functional groups attached to an aromatic ring is 1. The molecule has 4 nitrogen and oxygen atoms in total. The Hall–Kier alpha value is -2.36. The lowest BCUT2D eigenvalue weighted by Crippen LogP contribution is -2.10. The Balaban J connectivity index is 2.00. The molecule has 0 radical (unpaired) electrons. The van der Waals surface area contributed by atoms with E-state index in [-0.39, 0.29) is 0 Å². The molecule has 0 amide bonds. The maximum absolute atomic E-state index is 5.79. The van der Waals surface area contributed by atoms with Crippen LogP contribution in [0.2, 0.25) is 0 Å². The smallest absolute Gasteiger partial charge is 0.0544 e. The molecule has 0 heterocycles. The number of aryl methyl sites for hydroxylation is 1. The molecule has 0 fully saturated rings. The predicted octanol–water partition coefficient (Wildman–Crippen LogP) is 3.08. The fourth-order valence-corrected chi connectivity index (χ4v) is 1.74. The van der Waals surface area contributed by atoms with E-state index >= 15 is 0 Å². The summed E-state index contributed by atoms with van der Waals surface area (Å²) in [5.74, 6) is 0. The minimum atomic E-state index is 0.806. The maximum atomic E-state index is 5.79. The van der Waals surface area contributed by atoms with Gasteiger partial charge in [-0.15, -0.1) is 0 Å². The monoisotopic (exact) mass is 256 g/mol. The van der Waals surface area contributed by atoms with Crippen LogP contribution in [-0.4, -0.2) is 14.1 Å². The van der Waals surface area contributed by atoms with E-state index in [0.29, 0.717) is 0 Å². The number of hydrogen-bond donors (Lipinski definition) is 3. The molecule has 4 heteroatoms. The van der Waals surface area contributed by atoms with E-state index in [9.17, 15) is 0 Å². The normalized spacial score (nSPS) is 10.1. The fraction of sp³-hybridized carbons (Fsp3) is 0.200. The van der Waals surface area contributed by atoms with Crippen LogP contribution in [-0.2, 0) is 0 Å². The number of anilines is 4. The molecule has 0 aliphatic heterocycles. The largest absolute Gasteiger partial charge is 0.399 e. The summed E-state index contributed by atoms with van der Waals surface area (Å²) in [6.45, 7) is 1.99. The van der Waals surface area contributed by atoms with Crippen molar-refractivity contribution in [1.82, 2.24) is 0 Å². The number of rotatable bonds is 4. The lowest BCUT2D eigenvalue weighted by atomic mass is 10.2. The van der Waals surface area contributed by atoms with E-state index in [0.717, 1.165) is 22.6 Å². The van der Waals surface area contributed by atoms with Crippen molar-refractivity contribution in [2.24, 2.45) is 0 Å². The quantitative estimate of drug-likeness (QED) is 0.581. The molecule has 0 aliphatic carbocycles. The van der Waals surface area contributed by atoms with Crippen molar-refractivity contribution >= 4 is 22.7 Å². The van der Waals surface area contributed by atoms with Gasteiger partial charge in [0.1, 0.15) is 0 Å². The highest BCUT2D eigenvalue weighted by atomic mass is 15.4. The van der Waals surface area contributed by atoms with Gasteiger partial charge in [-0.2, -0.15) is 0 Å². The summed E-state index contributed by atoms with van der Waals surface area (Å²) < 4.78 is 0. The SMILES string of the molecule is Cc1cc(NNc2ccc(N(C)C)cc2)ccc1N. The Kier molecular flexibility index (Phi) is 3.80. The first kappa shape index (κ1) is 13.1. The summed E-state index contributed by atoms with van der Waals surface area (Å²) in [6, 6.07) is 14.1. The Labute approximate surface area is 114 Å². The summed E-state index contributed by atoms with van der Waals surface area (Å²) in [7, 11) is 4.05.